The third-order valence-electron chi connectivity index (χ3n) is 9.05. The summed E-state index contributed by atoms with van der Waals surface area (Å²) in [6, 6.07) is 63.8. The van der Waals surface area contributed by atoms with Crippen LogP contribution in [0.3, 0.4) is 0 Å². The van der Waals surface area contributed by atoms with Gasteiger partial charge in [-0.25, -0.2) is 0 Å². The van der Waals surface area contributed by atoms with Crippen molar-refractivity contribution in [2.75, 3.05) is 4.90 Å². The highest BCUT2D eigenvalue weighted by Crippen LogP contribution is 2.45. The van der Waals surface area contributed by atoms with Crippen molar-refractivity contribution < 1.29 is 0 Å². The summed E-state index contributed by atoms with van der Waals surface area (Å²) in [6.07, 6.45) is 0. The van der Waals surface area contributed by atoms with Crippen LogP contribution in [0.15, 0.2) is 176 Å². The van der Waals surface area contributed by atoms with Gasteiger partial charge in [0.2, 0.25) is 0 Å². The largest absolute Gasteiger partial charge is 0.311 e. The molecule has 0 spiro atoms. The van der Waals surface area contributed by atoms with E-state index < -0.39 is 0 Å². The molecule has 0 saturated heterocycles. The van der Waals surface area contributed by atoms with Crippen LogP contribution in [-0.4, -0.2) is 0 Å². The standard InChI is InChI=1S/C44H29NS/c1-2-14-34(15-3-1)45(35-25-21-31(22-26-35)38-19-10-13-30-11-4-6-16-37(30)38)36-27-23-32(24-28-36)41-29-33-12-5-7-17-39(33)44-43(41)40-18-8-9-20-42(40)46-44/h1-29H. The maximum absolute atomic E-state index is 2.37. The van der Waals surface area contributed by atoms with Gasteiger partial charge in [0.25, 0.3) is 0 Å². The molecule has 1 heterocycles. The molecule has 8 aromatic carbocycles. The van der Waals surface area contributed by atoms with Crippen molar-refractivity contribution in [1.82, 2.24) is 0 Å². The van der Waals surface area contributed by atoms with Crippen LogP contribution in [0.25, 0.3) is 64.0 Å². The number of thiophene rings is 1. The minimum Gasteiger partial charge on any atom is -0.311 e. The van der Waals surface area contributed by atoms with Gasteiger partial charge in [-0.15, -0.1) is 11.3 Å². The molecule has 0 fully saturated rings. The molecule has 9 aromatic rings. The molecule has 1 aromatic heterocycles. The fourth-order valence-corrected chi connectivity index (χ4v) is 8.13. The van der Waals surface area contributed by atoms with E-state index in [1.165, 1.54) is 64.0 Å². The predicted molar refractivity (Wildman–Crippen MR) is 200 cm³/mol. The number of benzene rings is 8. The lowest BCUT2D eigenvalue weighted by Gasteiger charge is -2.26. The second kappa shape index (κ2) is 11.0. The Hall–Kier alpha value is -5.70. The van der Waals surface area contributed by atoms with Crippen LogP contribution in [0, 0.1) is 0 Å². The summed E-state index contributed by atoms with van der Waals surface area (Å²) >= 11 is 1.89. The second-order valence-corrected chi connectivity index (χ2v) is 12.8. The van der Waals surface area contributed by atoms with E-state index in [0.29, 0.717) is 0 Å². The summed E-state index contributed by atoms with van der Waals surface area (Å²) in [4.78, 5) is 2.34. The maximum Gasteiger partial charge on any atom is 0.0462 e. The number of para-hydroxylation sites is 1. The first-order chi connectivity index (χ1) is 22.8. The zero-order chi connectivity index (χ0) is 30.5. The highest BCUT2D eigenvalue weighted by atomic mass is 32.1. The predicted octanol–water partition coefficient (Wildman–Crippen LogP) is 13.2. The summed E-state index contributed by atoms with van der Waals surface area (Å²) < 4.78 is 2.68. The summed E-state index contributed by atoms with van der Waals surface area (Å²) in [5, 5.41) is 7.79. The van der Waals surface area contributed by atoms with E-state index in [0.717, 1.165) is 17.1 Å². The lowest BCUT2D eigenvalue weighted by Crippen LogP contribution is -2.09. The number of hydrogen-bond donors (Lipinski definition) is 0. The quantitative estimate of drug-likeness (QED) is 0.189. The van der Waals surface area contributed by atoms with Gasteiger partial charge in [-0.1, -0.05) is 127 Å². The van der Waals surface area contributed by atoms with Gasteiger partial charge in [0.15, 0.2) is 0 Å². The fraction of sp³-hybridized carbons (Fsp3) is 0. The first-order valence-electron chi connectivity index (χ1n) is 15.7. The van der Waals surface area contributed by atoms with E-state index in [1.54, 1.807) is 0 Å². The van der Waals surface area contributed by atoms with Gasteiger partial charge in [-0.3, -0.25) is 0 Å². The van der Waals surface area contributed by atoms with Gasteiger partial charge in [-0.05, 0) is 92.3 Å². The molecule has 46 heavy (non-hydrogen) atoms. The molecule has 9 rings (SSSR count). The van der Waals surface area contributed by atoms with Crippen LogP contribution in [0.1, 0.15) is 0 Å². The highest BCUT2D eigenvalue weighted by molar-refractivity contribution is 7.26. The number of hydrogen-bond acceptors (Lipinski definition) is 2. The molecule has 0 bridgehead atoms. The van der Waals surface area contributed by atoms with Crippen molar-refractivity contribution in [3.05, 3.63) is 176 Å². The van der Waals surface area contributed by atoms with Crippen molar-refractivity contribution in [1.29, 1.82) is 0 Å². The zero-order valence-electron chi connectivity index (χ0n) is 25.1. The number of nitrogens with zero attached hydrogens (tertiary/aromatic N) is 1. The topological polar surface area (TPSA) is 3.24 Å². The Kier molecular flexibility index (Phi) is 6.40. The molecule has 0 radical (unpaired) electrons. The fourth-order valence-electron chi connectivity index (χ4n) is 6.87. The summed E-state index contributed by atoms with van der Waals surface area (Å²) in [6.45, 7) is 0. The Morgan fingerprint density at radius 2 is 0.913 bits per heavy atom. The molecule has 0 amide bonds. The monoisotopic (exact) mass is 603 g/mol. The van der Waals surface area contributed by atoms with Crippen LogP contribution >= 0.6 is 11.3 Å². The van der Waals surface area contributed by atoms with E-state index in [-0.39, 0.29) is 0 Å². The highest BCUT2D eigenvalue weighted by Gasteiger charge is 2.17. The number of rotatable bonds is 5. The summed E-state index contributed by atoms with van der Waals surface area (Å²) in [5.74, 6) is 0. The molecule has 216 valence electrons. The average Bonchev–Trinajstić information content (AvgIpc) is 3.53. The lowest BCUT2D eigenvalue weighted by molar-refractivity contribution is 1.28. The summed E-state index contributed by atoms with van der Waals surface area (Å²) in [5.41, 5.74) is 8.35. The maximum atomic E-state index is 2.37. The first-order valence-corrected chi connectivity index (χ1v) is 16.5. The van der Waals surface area contributed by atoms with Gasteiger partial charge in [0.1, 0.15) is 0 Å². The molecule has 2 heteroatoms. The minimum atomic E-state index is 1.12. The molecule has 0 N–H and O–H groups in total. The van der Waals surface area contributed by atoms with Gasteiger partial charge in [0, 0.05) is 37.2 Å². The third kappa shape index (κ3) is 4.46. The molecule has 0 aliphatic carbocycles. The van der Waals surface area contributed by atoms with E-state index in [9.17, 15) is 0 Å². The molecule has 0 aliphatic heterocycles. The molecule has 0 aliphatic rings. The van der Waals surface area contributed by atoms with Gasteiger partial charge < -0.3 is 4.90 Å². The number of anilines is 3. The molecule has 0 unspecified atom stereocenters. The Balaban J connectivity index is 1.15. The Bertz CT molecular complexity index is 2500. The van der Waals surface area contributed by atoms with Crippen molar-refractivity contribution in [3.8, 4) is 22.3 Å². The van der Waals surface area contributed by atoms with E-state index in [2.05, 4.69) is 181 Å². The molecule has 1 nitrogen and oxygen atoms in total. The summed E-state index contributed by atoms with van der Waals surface area (Å²) in [7, 11) is 0. The lowest BCUT2D eigenvalue weighted by atomic mass is 9.95. The molecule has 0 atom stereocenters. The molecular weight excluding hydrogens is 575 g/mol. The van der Waals surface area contributed by atoms with Gasteiger partial charge in [-0.2, -0.15) is 0 Å². The first kappa shape index (κ1) is 26.7. The van der Waals surface area contributed by atoms with Crippen molar-refractivity contribution in [3.63, 3.8) is 0 Å². The average molecular weight is 604 g/mol. The molecule has 0 saturated carbocycles. The van der Waals surface area contributed by atoms with Crippen molar-refractivity contribution in [2.45, 2.75) is 0 Å². The van der Waals surface area contributed by atoms with Gasteiger partial charge >= 0.3 is 0 Å². The van der Waals surface area contributed by atoms with E-state index >= 15 is 0 Å². The second-order valence-electron chi connectivity index (χ2n) is 11.7. The Labute approximate surface area is 272 Å². The van der Waals surface area contributed by atoms with Crippen molar-refractivity contribution >= 4 is 70.1 Å². The van der Waals surface area contributed by atoms with Crippen LogP contribution in [0.4, 0.5) is 17.1 Å². The molecular formula is C44H29NS. The van der Waals surface area contributed by atoms with E-state index in [1.807, 2.05) is 11.3 Å². The SMILES string of the molecule is c1ccc(N(c2ccc(-c3cccc4ccccc34)cc2)c2ccc(-c3cc4ccccc4c4sc5ccccc5c34)cc2)cc1. The zero-order valence-corrected chi connectivity index (χ0v) is 25.9. The third-order valence-corrected chi connectivity index (χ3v) is 10.3. The van der Waals surface area contributed by atoms with E-state index in [4.69, 9.17) is 0 Å². The minimum absolute atomic E-state index is 1.12. The van der Waals surface area contributed by atoms with Crippen LogP contribution in [0.2, 0.25) is 0 Å². The van der Waals surface area contributed by atoms with Crippen LogP contribution < -0.4 is 4.90 Å². The van der Waals surface area contributed by atoms with Crippen molar-refractivity contribution in [2.24, 2.45) is 0 Å². The van der Waals surface area contributed by atoms with Gasteiger partial charge in [0.05, 0.1) is 0 Å². The smallest absolute Gasteiger partial charge is 0.0462 e. The normalized spacial score (nSPS) is 11.5. The van der Waals surface area contributed by atoms with Crippen LogP contribution in [0.5, 0.6) is 0 Å². The Morgan fingerprint density at radius 1 is 0.370 bits per heavy atom. The Morgan fingerprint density at radius 3 is 1.65 bits per heavy atom. The number of fused-ring (bicyclic) bond motifs is 6. The van der Waals surface area contributed by atoms with Crippen LogP contribution in [-0.2, 0) is 0 Å².